The van der Waals surface area contributed by atoms with Crippen LogP contribution >= 0.6 is 15.9 Å². The molecule has 1 heterocycles. The first-order chi connectivity index (χ1) is 9.45. The lowest BCUT2D eigenvalue weighted by molar-refractivity contribution is -0.116. The summed E-state index contributed by atoms with van der Waals surface area (Å²) in [6.45, 7) is 5.70. The Hall–Kier alpha value is -1.69. The maximum absolute atomic E-state index is 12.0. The third kappa shape index (κ3) is 3.66. The van der Waals surface area contributed by atoms with Crippen LogP contribution in [0.3, 0.4) is 0 Å². The second kappa shape index (κ2) is 6.17. The van der Waals surface area contributed by atoms with E-state index in [2.05, 4.69) is 31.3 Å². The summed E-state index contributed by atoms with van der Waals surface area (Å²) in [5, 5.41) is 7.18. The van der Waals surface area contributed by atoms with E-state index < -0.39 is 0 Å². The number of benzene rings is 1. The van der Waals surface area contributed by atoms with Crippen molar-refractivity contribution < 1.29 is 4.79 Å². The van der Waals surface area contributed by atoms with E-state index >= 15 is 0 Å². The highest BCUT2D eigenvalue weighted by atomic mass is 79.9. The smallest absolute Gasteiger partial charge is 0.226 e. The van der Waals surface area contributed by atoms with Gasteiger partial charge >= 0.3 is 0 Å². The lowest BCUT2D eigenvalue weighted by Crippen LogP contribution is -2.19. The summed E-state index contributed by atoms with van der Waals surface area (Å²) in [6, 6.07) is 7.48. The molecule has 2 rings (SSSR count). The van der Waals surface area contributed by atoms with Crippen LogP contribution in [-0.2, 0) is 4.79 Å². The monoisotopic (exact) mass is 336 g/mol. The number of aromatic nitrogens is 3. The summed E-state index contributed by atoms with van der Waals surface area (Å²) in [7, 11) is 0. The number of aryl methyl sites for hydroxylation is 2. The molecule has 5 nitrogen and oxygen atoms in total. The predicted molar refractivity (Wildman–Crippen MR) is 81.6 cm³/mol. The Kier molecular flexibility index (Phi) is 4.54. The van der Waals surface area contributed by atoms with E-state index in [0.717, 1.165) is 21.8 Å². The summed E-state index contributed by atoms with van der Waals surface area (Å²) in [6.07, 6.45) is 0.361. The standard InChI is InChI=1S/C14H17BrN4O/c1-9(19-11(3)16-10(2)18-19)8-14(20)17-13-6-4-12(15)5-7-13/h4-7,9H,8H2,1-3H3,(H,17,20)/t9-/m1/s1. The van der Waals surface area contributed by atoms with Crippen molar-refractivity contribution >= 4 is 27.5 Å². The molecule has 0 aliphatic rings. The number of nitrogens with one attached hydrogen (secondary N) is 1. The summed E-state index contributed by atoms with van der Waals surface area (Å²) in [5.74, 6) is 1.52. The van der Waals surface area contributed by atoms with Gasteiger partial charge in [-0.05, 0) is 45.0 Å². The molecule has 0 bridgehead atoms. The van der Waals surface area contributed by atoms with Crippen LogP contribution < -0.4 is 5.32 Å². The topological polar surface area (TPSA) is 59.8 Å². The van der Waals surface area contributed by atoms with Gasteiger partial charge in [0.25, 0.3) is 0 Å². The fraction of sp³-hybridized carbons (Fsp3) is 0.357. The highest BCUT2D eigenvalue weighted by Crippen LogP contribution is 2.16. The van der Waals surface area contributed by atoms with Crippen LogP contribution in [0.1, 0.15) is 31.0 Å². The molecule has 0 saturated carbocycles. The maximum Gasteiger partial charge on any atom is 0.226 e. The fourth-order valence-electron chi connectivity index (χ4n) is 2.05. The molecule has 20 heavy (non-hydrogen) atoms. The summed E-state index contributed by atoms with van der Waals surface area (Å²) in [5.41, 5.74) is 0.789. The second-order valence-electron chi connectivity index (χ2n) is 4.76. The number of anilines is 1. The van der Waals surface area contributed by atoms with Crippen molar-refractivity contribution in [2.45, 2.75) is 33.2 Å². The number of hydrogen-bond donors (Lipinski definition) is 1. The SMILES string of the molecule is Cc1nc(C)n([C@H](C)CC(=O)Nc2ccc(Br)cc2)n1. The van der Waals surface area contributed by atoms with Gasteiger partial charge in [-0.25, -0.2) is 9.67 Å². The highest BCUT2D eigenvalue weighted by molar-refractivity contribution is 9.10. The van der Waals surface area contributed by atoms with Crippen LogP contribution in [0.15, 0.2) is 28.7 Å². The van der Waals surface area contributed by atoms with Gasteiger partial charge in [-0.15, -0.1) is 0 Å². The molecule has 1 atom stereocenters. The molecule has 6 heteroatoms. The van der Waals surface area contributed by atoms with Gasteiger partial charge in [-0.3, -0.25) is 4.79 Å². The van der Waals surface area contributed by atoms with Gasteiger partial charge in [-0.2, -0.15) is 5.10 Å². The van der Waals surface area contributed by atoms with E-state index in [1.54, 1.807) is 4.68 Å². The molecular weight excluding hydrogens is 320 g/mol. The Morgan fingerprint density at radius 3 is 2.55 bits per heavy atom. The van der Waals surface area contributed by atoms with E-state index in [4.69, 9.17) is 0 Å². The predicted octanol–water partition coefficient (Wildman–Crippen LogP) is 3.25. The number of carbonyl (C=O) groups excluding carboxylic acids is 1. The van der Waals surface area contributed by atoms with Crippen LogP contribution in [0, 0.1) is 13.8 Å². The fourth-order valence-corrected chi connectivity index (χ4v) is 2.32. The zero-order valence-electron chi connectivity index (χ0n) is 11.7. The molecule has 0 radical (unpaired) electrons. The van der Waals surface area contributed by atoms with Crippen molar-refractivity contribution in [3.63, 3.8) is 0 Å². The number of amides is 1. The minimum absolute atomic E-state index is 0.0216. The van der Waals surface area contributed by atoms with Gasteiger partial charge < -0.3 is 5.32 Å². The lowest BCUT2D eigenvalue weighted by Gasteiger charge is -2.13. The van der Waals surface area contributed by atoms with Crippen molar-refractivity contribution in [1.82, 2.24) is 14.8 Å². The molecule has 0 saturated heterocycles. The van der Waals surface area contributed by atoms with Gasteiger partial charge in [0.05, 0.1) is 6.04 Å². The van der Waals surface area contributed by atoms with E-state index in [9.17, 15) is 4.79 Å². The van der Waals surface area contributed by atoms with Crippen LogP contribution in [0.25, 0.3) is 0 Å². The minimum atomic E-state index is -0.0348. The first-order valence-electron chi connectivity index (χ1n) is 6.41. The zero-order valence-corrected chi connectivity index (χ0v) is 13.3. The van der Waals surface area contributed by atoms with Gasteiger partial charge in [0.2, 0.25) is 5.91 Å². The number of carbonyl (C=O) groups is 1. The number of halogens is 1. The van der Waals surface area contributed by atoms with Crippen LogP contribution in [0.4, 0.5) is 5.69 Å². The second-order valence-corrected chi connectivity index (χ2v) is 5.67. The molecule has 0 unspecified atom stereocenters. The van der Waals surface area contributed by atoms with Crippen molar-refractivity contribution in [1.29, 1.82) is 0 Å². The molecular formula is C14H17BrN4O. The van der Waals surface area contributed by atoms with Gasteiger partial charge in [0, 0.05) is 16.6 Å². The normalized spacial score (nSPS) is 12.2. The summed E-state index contributed by atoms with van der Waals surface area (Å²) < 4.78 is 2.77. The molecule has 1 N–H and O–H groups in total. The Morgan fingerprint density at radius 2 is 2.00 bits per heavy atom. The van der Waals surface area contributed by atoms with Gasteiger partial charge in [0.1, 0.15) is 11.6 Å². The third-order valence-corrected chi connectivity index (χ3v) is 3.46. The average Bonchev–Trinajstić information content (AvgIpc) is 2.71. The number of nitrogens with zero attached hydrogens (tertiary/aromatic N) is 3. The third-order valence-electron chi connectivity index (χ3n) is 2.93. The Labute approximate surface area is 126 Å². The lowest BCUT2D eigenvalue weighted by atomic mass is 10.2. The van der Waals surface area contributed by atoms with Gasteiger partial charge in [0.15, 0.2) is 0 Å². The van der Waals surface area contributed by atoms with Crippen molar-refractivity contribution in [3.05, 3.63) is 40.4 Å². The summed E-state index contributed by atoms with van der Waals surface area (Å²) >= 11 is 3.36. The van der Waals surface area contributed by atoms with Crippen molar-refractivity contribution in [3.8, 4) is 0 Å². The molecule has 0 fully saturated rings. The molecule has 2 aromatic rings. The van der Waals surface area contributed by atoms with Gasteiger partial charge in [-0.1, -0.05) is 15.9 Å². The van der Waals surface area contributed by atoms with Crippen LogP contribution in [-0.4, -0.2) is 20.7 Å². The molecule has 0 aliphatic heterocycles. The molecule has 0 spiro atoms. The van der Waals surface area contributed by atoms with Crippen molar-refractivity contribution in [2.75, 3.05) is 5.32 Å². The largest absolute Gasteiger partial charge is 0.326 e. The van der Waals surface area contributed by atoms with E-state index in [1.165, 1.54) is 0 Å². The number of hydrogen-bond acceptors (Lipinski definition) is 3. The average molecular weight is 337 g/mol. The number of rotatable bonds is 4. The van der Waals surface area contributed by atoms with Crippen LogP contribution in [0.2, 0.25) is 0 Å². The first-order valence-corrected chi connectivity index (χ1v) is 7.20. The van der Waals surface area contributed by atoms with Crippen molar-refractivity contribution in [2.24, 2.45) is 0 Å². The molecule has 0 aliphatic carbocycles. The van der Waals surface area contributed by atoms with E-state index in [1.807, 2.05) is 45.0 Å². The van der Waals surface area contributed by atoms with E-state index in [-0.39, 0.29) is 11.9 Å². The highest BCUT2D eigenvalue weighted by Gasteiger charge is 2.14. The quantitative estimate of drug-likeness (QED) is 0.932. The van der Waals surface area contributed by atoms with E-state index in [0.29, 0.717) is 6.42 Å². The molecule has 1 aromatic heterocycles. The Bertz CT molecular complexity index is 606. The van der Waals surface area contributed by atoms with Crippen LogP contribution in [0.5, 0.6) is 0 Å². The molecule has 1 aromatic carbocycles. The maximum atomic E-state index is 12.0. The Morgan fingerprint density at radius 1 is 1.35 bits per heavy atom. The minimum Gasteiger partial charge on any atom is -0.326 e. The zero-order chi connectivity index (χ0) is 14.7. The molecule has 106 valence electrons. The molecule has 1 amide bonds. The Balaban J connectivity index is 1.97. The summed E-state index contributed by atoms with van der Waals surface area (Å²) in [4.78, 5) is 16.3. The first kappa shape index (κ1) is 14.7.